The van der Waals surface area contributed by atoms with Gasteiger partial charge in [0.05, 0.1) is 0 Å². The predicted octanol–water partition coefficient (Wildman–Crippen LogP) is -2.49. The smallest absolute Gasteiger partial charge is 1.00 e. The molecule has 2 aliphatic carbocycles. The zero-order valence-electron chi connectivity index (χ0n) is 9.63. The van der Waals surface area contributed by atoms with E-state index < -0.39 is 21.3 Å². The Bertz CT molecular complexity index is 362. The maximum Gasteiger partial charge on any atom is -1.00 e. The van der Waals surface area contributed by atoms with Gasteiger partial charge in [-0.3, -0.25) is 0 Å². The minimum Gasteiger partial charge on any atom is -1.00 e. The normalized spacial score (nSPS) is 15.6. The van der Waals surface area contributed by atoms with Crippen LogP contribution in [-0.4, -0.2) is 3.21 Å². The Kier molecular flexibility index (Phi) is 8.23. The first-order chi connectivity index (χ1) is 6.79. The molecule has 0 saturated carbocycles. The topological polar surface area (TPSA) is 0 Å². The van der Waals surface area contributed by atoms with Crippen molar-refractivity contribution in [2.24, 2.45) is 0 Å². The van der Waals surface area contributed by atoms with Gasteiger partial charge in [-0.25, -0.2) is 0 Å². The molecular formula is C13H16Br2Zr. The molecule has 0 heterocycles. The number of rotatable bonds is 2. The molecule has 0 aromatic rings. The largest absolute Gasteiger partial charge is 1.00 e. The second-order valence-corrected chi connectivity index (χ2v) is 11.5. The van der Waals surface area contributed by atoms with Gasteiger partial charge >= 0.3 is 94.2 Å². The van der Waals surface area contributed by atoms with E-state index in [4.69, 9.17) is 0 Å². The second-order valence-electron chi connectivity index (χ2n) is 4.02. The van der Waals surface area contributed by atoms with Gasteiger partial charge in [-0.2, -0.15) is 0 Å². The first-order valence-electron chi connectivity index (χ1n) is 5.18. The summed E-state index contributed by atoms with van der Waals surface area (Å²) in [5, 5.41) is 0. The molecule has 0 unspecified atom stereocenters. The van der Waals surface area contributed by atoms with Gasteiger partial charge in [0, 0.05) is 0 Å². The molecule has 0 aromatic heterocycles. The molecule has 0 nitrogen and oxygen atoms in total. The molecular weight excluding hydrogens is 407 g/mol. The standard InChI is InChI=1S/2C5H5.C3H6.2BrH.Zr/c2*1-2-4-5-3-1;1-3-2;;;/h2*1-3H,4H2;1-2H3;2*1H;/q;;;;;+2/p-2. The Morgan fingerprint density at radius 1 is 0.938 bits per heavy atom. The Hall–Kier alpha value is 0.673. The fourth-order valence-electron chi connectivity index (χ4n) is 2.11. The van der Waals surface area contributed by atoms with Gasteiger partial charge in [0.25, 0.3) is 0 Å². The van der Waals surface area contributed by atoms with Crippen LogP contribution in [0.15, 0.2) is 43.0 Å². The summed E-state index contributed by atoms with van der Waals surface area (Å²) >= 11 is -1.51. The van der Waals surface area contributed by atoms with Crippen LogP contribution in [0.1, 0.15) is 26.7 Å². The molecule has 0 amide bonds. The number of hydrogen-bond donors (Lipinski definition) is 0. The zero-order valence-corrected chi connectivity index (χ0v) is 15.3. The maximum atomic E-state index is 2.36. The van der Waals surface area contributed by atoms with Crippen molar-refractivity contribution in [3.8, 4) is 0 Å². The molecule has 0 fully saturated rings. The summed E-state index contributed by atoms with van der Waals surface area (Å²) in [7, 11) is 0. The maximum absolute atomic E-state index is 2.36. The van der Waals surface area contributed by atoms with Crippen molar-refractivity contribution < 1.29 is 55.2 Å². The molecule has 0 bridgehead atoms. The van der Waals surface area contributed by atoms with E-state index in [1.54, 1.807) is 9.77 Å². The van der Waals surface area contributed by atoms with Gasteiger partial charge in [-0.15, -0.1) is 0 Å². The molecule has 0 aromatic carbocycles. The van der Waals surface area contributed by atoms with Gasteiger partial charge in [-0.05, 0) is 0 Å². The molecule has 0 aliphatic heterocycles. The van der Waals surface area contributed by atoms with Gasteiger partial charge < -0.3 is 34.0 Å². The van der Waals surface area contributed by atoms with Crippen LogP contribution in [0.25, 0.3) is 0 Å². The van der Waals surface area contributed by atoms with Gasteiger partial charge in [0.2, 0.25) is 0 Å². The fourth-order valence-corrected chi connectivity index (χ4v) is 9.16. The van der Waals surface area contributed by atoms with E-state index >= 15 is 0 Å². The second kappa shape index (κ2) is 7.90. The van der Waals surface area contributed by atoms with Crippen LogP contribution in [0.4, 0.5) is 0 Å². The summed E-state index contributed by atoms with van der Waals surface area (Å²) in [5.74, 6) is 0. The molecule has 0 atom stereocenters. The number of allylic oxidation sites excluding steroid dienone is 8. The van der Waals surface area contributed by atoms with Gasteiger partial charge in [0.15, 0.2) is 0 Å². The van der Waals surface area contributed by atoms with E-state index in [-0.39, 0.29) is 34.0 Å². The summed E-state index contributed by atoms with van der Waals surface area (Å²) in [6, 6.07) is 0. The fraction of sp³-hybridized carbons (Fsp3) is 0.308. The molecule has 0 saturated heterocycles. The quantitative estimate of drug-likeness (QED) is 0.462. The van der Waals surface area contributed by atoms with Crippen molar-refractivity contribution in [1.29, 1.82) is 0 Å². The molecule has 86 valence electrons. The van der Waals surface area contributed by atoms with Crippen molar-refractivity contribution in [2.45, 2.75) is 26.7 Å². The molecule has 0 spiro atoms. The van der Waals surface area contributed by atoms with Gasteiger partial charge in [0.1, 0.15) is 0 Å². The van der Waals surface area contributed by atoms with E-state index in [1.165, 1.54) is 12.8 Å². The summed E-state index contributed by atoms with van der Waals surface area (Å²) in [4.78, 5) is 0. The van der Waals surface area contributed by atoms with Crippen LogP contribution < -0.4 is 34.0 Å². The molecule has 0 N–H and O–H groups in total. The molecule has 2 aliphatic rings. The van der Waals surface area contributed by atoms with E-state index in [2.05, 4.69) is 50.3 Å². The van der Waals surface area contributed by atoms with Crippen LogP contribution in [0.2, 0.25) is 0 Å². The minimum atomic E-state index is -1.51. The van der Waals surface area contributed by atoms with Crippen molar-refractivity contribution in [2.75, 3.05) is 0 Å². The minimum absolute atomic E-state index is 0. The summed E-state index contributed by atoms with van der Waals surface area (Å²) in [5.41, 5.74) is 0. The third-order valence-electron chi connectivity index (χ3n) is 2.68. The third-order valence-corrected chi connectivity index (χ3v) is 10.1. The molecule has 0 radical (unpaired) electrons. The summed E-state index contributed by atoms with van der Waals surface area (Å²) < 4.78 is 5.21. The van der Waals surface area contributed by atoms with E-state index in [9.17, 15) is 0 Å². The molecule has 16 heavy (non-hydrogen) atoms. The molecule has 3 heteroatoms. The summed E-state index contributed by atoms with van der Waals surface area (Å²) in [6.07, 6.45) is 16.2. The Morgan fingerprint density at radius 3 is 1.62 bits per heavy atom. The third kappa shape index (κ3) is 3.86. The van der Waals surface area contributed by atoms with E-state index in [1.807, 2.05) is 0 Å². The van der Waals surface area contributed by atoms with Crippen LogP contribution in [-0.2, 0) is 21.3 Å². The van der Waals surface area contributed by atoms with E-state index in [0.29, 0.717) is 0 Å². The van der Waals surface area contributed by atoms with Crippen LogP contribution in [0, 0.1) is 0 Å². The van der Waals surface area contributed by atoms with Crippen molar-refractivity contribution in [1.82, 2.24) is 0 Å². The average Bonchev–Trinajstić information content (AvgIpc) is 2.75. The zero-order chi connectivity index (χ0) is 9.97. The Morgan fingerprint density at radius 2 is 1.38 bits per heavy atom. The summed E-state index contributed by atoms with van der Waals surface area (Å²) in [6.45, 7) is 4.65. The van der Waals surface area contributed by atoms with Crippen LogP contribution in [0.3, 0.4) is 0 Å². The van der Waals surface area contributed by atoms with Gasteiger partial charge in [-0.1, -0.05) is 0 Å². The Labute approximate surface area is 127 Å². The SMILES string of the molecule is C[C](C)=[Zr+2]([C]1=CC=CC1)[C]1=CC=CC1.[Br-].[Br-]. The first-order valence-corrected chi connectivity index (χ1v) is 8.87. The Balaban J connectivity index is 0.00000112. The van der Waals surface area contributed by atoms with Crippen LogP contribution >= 0.6 is 0 Å². The van der Waals surface area contributed by atoms with Crippen molar-refractivity contribution in [3.63, 3.8) is 0 Å². The first kappa shape index (κ1) is 16.7. The van der Waals surface area contributed by atoms with Crippen molar-refractivity contribution >= 4 is 3.21 Å². The average molecular weight is 423 g/mol. The predicted molar refractivity (Wildman–Crippen MR) is 60.0 cm³/mol. The number of halogens is 2. The number of hydrogen-bond acceptors (Lipinski definition) is 0. The van der Waals surface area contributed by atoms with Crippen molar-refractivity contribution in [3.05, 3.63) is 43.0 Å². The van der Waals surface area contributed by atoms with E-state index in [0.717, 1.165) is 0 Å². The molecule has 2 rings (SSSR count). The van der Waals surface area contributed by atoms with Crippen LogP contribution in [0.5, 0.6) is 0 Å². The monoisotopic (exact) mass is 420 g/mol.